The molecule has 1 aliphatic heterocycles. The van der Waals surface area contributed by atoms with E-state index in [9.17, 15) is 9.59 Å². The molecule has 1 heterocycles. The van der Waals surface area contributed by atoms with Crippen LogP contribution in [0.5, 0.6) is 0 Å². The molecule has 0 saturated heterocycles. The van der Waals surface area contributed by atoms with Gasteiger partial charge < -0.3 is 14.8 Å². The number of esters is 1. The largest absolute Gasteiger partial charge is 0.488 e. The number of nitrogens with one attached hydrogen (secondary N) is 1. The van der Waals surface area contributed by atoms with E-state index in [-0.39, 0.29) is 24.3 Å². The number of carbonyl (C=O) groups excluding carboxylic acids is 2. The van der Waals surface area contributed by atoms with E-state index in [1.54, 1.807) is 6.08 Å². The first kappa shape index (κ1) is 14.5. The Balaban J connectivity index is 2.51. The van der Waals surface area contributed by atoms with Gasteiger partial charge >= 0.3 is 5.97 Å². The summed E-state index contributed by atoms with van der Waals surface area (Å²) in [5.41, 5.74) is 0. The Hall–Kier alpha value is -1.52. The van der Waals surface area contributed by atoms with Gasteiger partial charge in [-0.05, 0) is 25.3 Å². The van der Waals surface area contributed by atoms with Crippen LogP contribution in [-0.2, 0) is 19.1 Å². The molecule has 0 saturated carbocycles. The van der Waals surface area contributed by atoms with E-state index >= 15 is 0 Å². The summed E-state index contributed by atoms with van der Waals surface area (Å²) < 4.78 is 9.90. The number of hydrogen-bond donors (Lipinski definition) is 1. The van der Waals surface area contributed by atoms with Crippen LogP contribution in [0.25, 0.3) is 0 Å². The highest BCUT2D eigenvalue weighted by Crippen LogP contribution is 2.11. The first-order valence-corrected chi connectivity index (χ1v) is 6.38. The quantitative estimate of drug-likeness (QED) is 0.731. The van der Waals surface area contributed by atoms with Crippen molar-refractivity contribution >= 4 is 11.9 Å². The molecule has 1 rings (SSSR count). The zero-order valence-corrected chi connectivity index (χ0v) is 11.0. The van der Waals surface area contributed by atoms with E-state index in [0.717, 1.165) is 25.7 Å². The molecular formula is C13H21NO4. The Kier molecular flexibility index (Phi) is 6.25. The standard InChI is InChI=1S/C13H21NO4/c1-3-6-10(9-12(15)17-2)14-13(16)11-7-4-5-8-18-11/h7,10H,3-6,8-9H2,1-2H3,(H,14,16). The molecule has 102 valence electrons. The summed E-state index contributed by atoms with van der Waals surface area (Å²) in [6.45, 7) is 2.58. The summed E-state index contributed by atoms with van der Waals surface area (Å²) in [7, 11) is 1.35. The van der Waals surface area contributed by atoms with Crippen molar-refractivity contribution in [2.75, 3.05) is 13.7 Å². The van der Waals surface area contributed by atoms with Gasteiger partial charge in [-0.3, -0.25) is 9.59 Å². The van der Waals surface area contributed by atoms with Crippen LogP contribution >= 0.6 is 0 Å². The number of allylic oxidation sites excluding steroid dienone is 1. The topological polar surface area (TPSA) is 64.6 Å². The normalized spacial score (nSPS) is 16.2. The van der Waals surface area contributed by atoms with Crippen molar-refractivity contribution in [2.45, 2.75) is 45.1 Å². The average Bonchev–Trinajstić information content (AvgIpc) is 2.39. The lowest BCUT2D eigenvalue weighted by molar-refractivity contribution is -0.141. The Labute approximate surface area is 108 Å². The highest BCUT2D eigenvalue weighted by Gasteiger charge is 2.20. The predicted octanol–water partition coefficient (Wildman–Crippen LogP) is 1.53. The number of rotatable bonds is 6. The van der Waals surface area contributed by atoms with Gasteiger partial charge in [-0.1, -0.05) is 13.3 Å². The third kappa shape index (κ3) is 4.77. The summed E-state index contributed by atoms with van der Waals surface area (Å²) in [5.74, 6) is -0.184. The molecule has 1 atom stereocenters. The highest BCUT2D eigenvalue weighted by atomic mass is 16.5. The lowest BCUT2D eigenvalue weighted by atomic mass is 10.1. The van der Waals surface area contributed by atoms with Gasteiger partial charge in [0.15, 0.2) is 5.76 Å². The molecule has 18 heavy (non-hydrogen) atoms. The van der Waals surface area contributed by atoms with Gasteiger partial charge in [0.2, 0.25) is 0 Å². The second kappa shape index (κ2) is 7.74. The molecule has 0 aromatic rings. The van der Waals surface area contributed by atoms with Crippen LogP contribution in [0.15, 0.2) is 11.8 Å². The van der Waals surface area contributed by atoms with Gasteiger partial charge in [0.25, 0.3) is 5.91 Å². The number of ether oxygens (including phenoxy) is 2. The van der Waals surface area contributed by atoms with E-state index in [4.69, 9.17) is 4.74 Å². The first-order chi connectivity index (χ1) is 8.67. The molecule has 1 amide bonds. The molecule has 0 radical (unpaired) electrons. The van der Waals surface area contributed by atoms with Crippen molar-refractivity contribution in [1.82, 2.24) is 5.32 Å². The maximum absolute atomic E-state index is 11.9. The van der Waals surface area contributed by atoms with Gasteiger partial charge in [-0.15, -0.1) is 0 Å². The number of carbonyl (C=O) groups is 2. The van der Waals surface area contributed by atoms with Crippen LogP contribution in [0.2, 0.25) is 0 Å². The average molecular weight is 255 g/mol. The zero-order valence-electron chi connectivity index (χ0n) is 11.0. The molecule has 5 nitrogen and oxygen atoms in total. The van der Waals surface area contributed by atoms with E-state index in [1.165, 1.54) is 7.11 Å². The maximum Gasteiger partial charge on any atom is 0.307 e. The van der Waals surface area contributed by atoms with Crippen molar-refractivity contribution in [3.63, 3.8) is 0 Å². The van der Waals surface area contributed by atoms with E-state index in [2.05, 4.69) is 10.1 Å². The summed E-state index contributed by atoms with van der Waals surface area (Å²) in [5, 5.41) is 2.82. The highest BCUT2D eigenvalue weighted by molar-refractivity contribution is 5.92. The Bertz CT molecular complexity index is 325. The van der Waals surface area contributed by atoms with E-state index in [1.807, 2.05) is 6.92 Å². The Morgan fingerprint density at radius 3 is 2.89 bits per heavy atom. The molecule has 0 spiro atoms. The lowest BCUT2D eigenvalue weighted by Crippen LogP contribution is -2.38. The predicted molar refractivity (Wildman–Crippen MR) is 66.7 cm³/mol. The Morgan fingerprint density at radius 1 is 1.56 bits per heavy atom. The lowest BCUT2D eigenvalue weighted by Gasteiger charge is -2.19. The van der Waals surface area contributed by atoms with Gasteiger partial charge in [-0.25, -0.2) is 0 Å². The third-order valence-electron chi connectivity index (χ3n) is 2.77. The third-order valence-corrected chi connectivity index (χ3v) is 2.77. The monoisotopic (exact) mass is 255 g/mol. The number of methoxy groups -OCH3 is 1. The number of amides is 1. The SMILES string of the molecule is CCCC(CC(=O)OC)NC(=O)C1=CCCCO1. The fourth-order valence-corrected chi connectivity index (χ4v) is 1.83. The van der Waals surface area contributed by atoms with E-state index in [0.29, 0.717) is 12.4 Å². The van der Waals surface area contributed by atoms with Crippen LogP contribution in [0.3, 0.4) is 0 Å². The molecule has 1 N–H and O–H groups in total. The van der Waals surface area contributed by atoms with Crippen LogP contribution in [0.1, 0.15) is 39.0 Å². The summed E-state index contributed by atoms with van der Waals surface area (Å²) in [4.78, 5) is 23.1. The summed E-state index contributed by atoms with van der Waals surface area (Å²) in [6.07, 6.45) is 5.43. The minimum atomic E-state index is -0.313. The second-order valence-corrected chi connectivity index (χ2v) is 4.30. The van der Waals surface area contributed by atoms with Gasteiger partial charge in [0.1, 0.15) is 0 Å². The molecule has 0 bridgehead atoms. The van der Waals surface area contributed by atoms with Crippen molar-refractivity contribution in [1.29, 1.82) is 0 Å². The van der Waals surface area contributed by atoms with E-state index < -0.39 is 0 Å². The first-order valence-electron chi connectivity index (χ1n) is 6.38. The molecule has 0 aromatic carbocycles. The van der Waals surface area contributed by atoms with Crippen LogP contribution in [-0.4, -0.2) is 31.6 Å². The summed E-state index contributed by atoms with van der Waals surface area (Å²) >= 11 is 0. The summed E-state index contributed by atoms with van der Waals surface area (Å²) in [6, 6.07) is -0.193. The molecular weight excluding hydrogens is 234 g/mol. The maximum atomic E-state index is 11.9. The fourth-order valence-electron chi connectivity index (χ4n) is 1.83. The van der Waals surface area contributed by atoms with Gasteiger partial charge in [0, 0.05) is 6.04 Å². The second-order valence-electron chi connectivity index (χ2n) is 4.30. The minimum Gasteiger partial charge on any atom is -0.488 e. The van der Waals surface area contributed by atoms with Crippen molar-refractivity contribution in [3.8, 4) is 0 Å². The Morgan fingerprint density at radius 2 is 2.33 bits per heavy atom. The van der Waals surface area contributed by atoms with Gasteiger partial charge in [-0.2, -0.15) is 0 Å². The molecule has 0 aliphatic carbocycles. The zero-order chi connectivity index (χ0) is 13.4. The molecule has 0 fully saturated rings. The molecule has 1 unspecified atom stereocenters. The van der Waals surface area contributed by atoms with Crippen molar-refractivity contribution in [3.05, 3.63) is 11.8 Å². The van der Waals surface area contributed by atoms with Gasteiger partial charge in [0.05, 0.1) is 20.1 Å². The minimum absolute atomic E-state index is 0.193. The van der Waals surface area contributed by atoms with Crippen LogP contribution < -0.4 is 5.32 Å². The van der Waals surface area contributed by atoms with Crippen LogP contribution in [0.4, 0.5) is 0 Å². The molecule has 5 heteroatoms. The van der Waals surface area contributed by atoms with Crippen molar-refractivity contribution in [2.24, 2.45) is 0 Å². The molecule has 1 aliphatic rings. The van der Waals surface area contributed by atoms with Crippen molar-refractivity contribution < 1.29 is 19.1 Å². The smallest absolute Gasteiger partial charge is 0.307 e. The molecule has 0 aromatic heterocycles. The number of hydrogen-bond acceptors (Lipinski definition) is 4. The van der Waals surface area contributed by atoms with Crippen LogP contribution in [0, 0.1) is 0 Å². The fraction of sp³-hybridized carbons (Fsp3) is 0.692.